The lowest BCUT2D eigenvalue weighted by molar-refractivity contribution is -0.140. The molecule has 0 bridgehead atoms. The van der Waals surface area contributed by atoms with Gasteiger partial charge in [-0.2, -0.15) is 5.26 Å². The summed E-state index contributed by atoms with van der Waals surface area (Å²) in [6.07, 6.45) is 2.57. The van der Waals surface area contributed by atoms with Crippen LogP contribution < -0.4 is 5.32 Å². The molecule has 0 radical (unpaired) electrons. The summed E-state index contributed by atoms with van der Waals surface area (Å²) in [6.45, 7) is -0.290. The van der Waals surface area contributed by atoms with E-state index in [-0.39, 0.29) is 33.6 Å². The van der Waals surface area contributed by atoms with Gasteiger partial charge < -0.3 is 10.2 Å². The zero-order valence-corrected chi connectivity index (χ0v) is 23.1. The fraction of sp³-hybridized carbons (Fsp3) is 0.417. The number of hydrogen-bond acceptors (Lipinski definition) is 6. The summed E-state index contributed by atoms with van der Waals surface area (Å²) in [5.74, 6) is -1.94. The van der Waals surface area contributed by atoms with E-state index in [0.717, 1.165) is 6.07 Å². The number of nitrogens with one attached hydrogen (secondary N) is 1. The molecule has 1 saturated heterocycles. The zero-order valence-electron chi connectivity index (χ0n) is 19.2. The minimum atomic E-state index is -4.05. The Kier molecular flexibility index (Phi) is 6.54. The summed E-state index contributed by atoms with van der Waals surface area (Å²) in [5, 5.41) is 11.0. The Labute approximate surface area is 231 Å². The largest absolute Gasteiger partial charge is 0.336 e. The van der Waals surface area contributed by atoms with Gasteiger partial charge >= 0.3 is 0 Å². The number of halogens is 4. The maximum atomic E-state index is 14.8. The van der Waals surface area contributed by atoms with Crippen molar-refractivity contribution in [2.75, 3.05) is 6.54 Å². The summed E-state index contributed by atoms with van der Waals surface area (Å²) < 4.78 is 42.5. The fourth-order valence-electron chi connectivity index (χ4n) is 4.81. The smallest absolute Gasteiger partial charge is 0.244 e. The van der Waals surface area contributed by atoms with Gasteiger partial charge in [0.15, 0.2) is 9.84 Å². The van der Waals surface area contributed by atoms with E-state index in [1.54, 1.807) is 6.07 Å². The number of rotatable bonds is 6. The summed E-state index contributed by atoms with van der Waals surface area (Å²) in [5.41, 5.74) is -2.41. The lowest BCUT2D eigenvalue weighted by atomic mass is 9.98. The quantitative estimate of drug-likeness (QED) is 0.517. The lowest BCUT2D eigenvalue weighted by Gasteiger charge is -2.28. The highest BCUT2D eigenvalue weighted by Gasteiger charge is 2.60. The molecule has 2 unspecified atom stereocenters. The van der Waals surface area contributed by atoms with E-state index in [2.05, 4.69) is 32.3 Å². The topological polar surface area (TPSA) is 120 Å². The maximum absolute atomic E-state index is 14.8. The molecule has 2 saturated carbocycles. The SMILES string of the molecule is N#CC1(NC(=O)C2CC(S(=O)(=O)c3ccc(Br)cc3Cl)CN2C(=O)C2(c3ncc(Cl)cc3F)CC2)CC1. The molecule has 8 nitrogen and oxygen atoms in total. The number of carbonyl (C=O) groups excluding carboxylic acids is 2. The maximum Gasteiger partial charge on any atom is 0.244 e. The van der Waals surface area contributed by atoms with Crippen LogP contribution in [0.3, 0.4) is 0 Å². The van der Waals surface area contributed by atoms with Crippen molar-refractivity contribution in [2.24, 2.45) is 0 Å². The molecular weight excluding hydrogens is 610 g/mol. The third-order valence-electron chi connectivity index (χ3n) is 7.21. The van der Waals surface area contributed by atoms with Crippen molar-refractivity contribution in [3.63, 3.8) is 0 Å². The highest BCUT2D eigenvalue weighted by Crippen LogP contribution is 2.51. The molecule has 0 spiro atoms. The zero-order chi connectivity index (χ0) is 26.8. The molecule has 194 valence electrons. The predicted molar refractivity (Wildman–Crippen MR) is 136 cm³/mol. The summed E-state index contributed by atoms with van der Waals surface area (Å²) >= 11 is 15.3. The Morgan fingerprint density at radius 2 is 1.92 bits per heavy atom. The van der Waals surface area contributed by atoms with Crippen molar-refractivity contribution in [1.82, 2.24) is 15.2 Å². The molecule has 1 aromatic heterocycles. The van der Waals surface area contributed by atoms with Crippen molar-refractivity contribution >= 4 is 60.8 Å². The van der Waals surface area contributed by atoms with E-state index in [1.807, 2.05) is 0 Å². The predicted octanol–water partition coefficient (Wildman–Crippen LogP) is 3.94. The number of benzene rings is 1. The second-order valence-electron chi connectivity index (χ2n) is 9.70. The molecule has 2 aromatic rings. The van der Waals surface area contributed by atoms with Gasteiger partial charge in [-0.3, -0.25) is 14.6 Å². The molecule has 13 heteroatoms. The summed E-state index contributed by atoms with van der Waals surface area (Å²) in [6, 6.07) is 6.33. The van der Waals surface area contributed by atoms with E-state index in [1.165, 1.54) is 23.2 Å². The lowest BCUT2D eigenvalue weighted by Crippen LogP contribution is -2.52. The van der Waals surface area contributed by atoms with Gasteiger partial charge in [-0.25, -0.2) is 12.8 Å². The van der Waals surface area contributed by atoms with Crippen molar-refractivity contribution in [3.05, 3.63) is 56.5 Å². The van der Waals surface area contributed by atoms with Crippen molar-refractivity contribution in [3.8, 4) is 6.07 Å². The third-order valence-corrected chi connectivity index (χ3v) is 10.5. The molecule has 2 amide bonds. The highest BCUT2D eigenvalue weighted by molar-refractivity contribution is 9.10. The average molecular weight is 630 g/mol. The second-order valence-corrected chi connectivity index (χ2v) is 13.7. The monoisotopic (exact) mass is 628 g/mol. The first-order valence-corrected chi connectivity index (χ1v) is 14.6. The second kappa shape index (κ2) is 9.19. The number of nitriles is 1. The fourth-order valence-corrected chi connectivity index (χ4v) is 7.69. The van der Waals surface area contributed by atoms with Crippen LogP contribution in [0.15, 0.2) is 39.8 Å². The van der Waals surface area contributed by atoms with Gasteiger partial charge in [0.25, 0.3) is 0 Å². The van der Waals surface area contributed by atoms with Crippen LogP contribution in [0.2, 0.25) is 10.0 Å². The van der Waals surface area contributed by atoms with E-state index in [0.29, 0.717) is 30.2 Å². The van der Waals surface area contributed by atoms with Gasteiger partial charge in [0, 0.05) is 17.2 Å². The molecule has 2 atom stereocenters. The number of likely N-dealkylation sites (tertiary alicyclic amines) is 1. The molecule has 2 heterocycles. The number of sulfone groups is 1. The van der Waals surface area contributed by atoms with Gasteiger partial charge in [-0.1, -0.05) is 39.1 Å². The van der Waals surface area contributed by atoms with Crippen LogP contribution in [-0.2, 0) is 24.8 Å². The van der Waals surface area contributed by atoms with Crippen molar-refractivity contribution in [2.45, 2.75) is 59.2 Å². The van der Waals surface area contributed by atoms with Crippen LogP contribution in [-0.4, -0.2) is 53.5 Å². The number of carbonyl (C=O) groups is 2. The van der Waals surface area contributed by atoms with Crippen molar-refractivity contribution < 1.29 is 22.4 Å². The van der Waals surface area contributed by atoms with Gasteiger partial charge in [0.1, 0.15) is 17.4 Å². The molecule has 5 rings (SSSR count). The minimum Gasteiger partial charge on any atom is -0.336 e. The van der Waals surface area contributed by atoms with E-state index >= 15 is 0 Å². The Bertz CT molecular complexity index is 1470. The van der Waals surface area contributed by atoms with Gasteiger partial charge in [-0.05, 0) is 56.4 Å². The van der Waals surface area contributed by atoms with Crippen LogP contribution in [0.1, 0.15) is 37.8 Å². The number of aromatic nitrogens is 1. The van der Waals surface area contributed by atoms with Crippen LogP contribution in [0.4, 0.5) is 4.39 Å². The Morgan fingerprint density at radius 3 is 2.49 bits per heavy atom. The van der Waals surface area contributed by atoms with Gasteiger partial charge in [-0.15, -0.1) is 0 Å². The number of pyridine rings is 1. The number of hydrogen-bond donors (Lipinski definition) is 1. The van der Waals surface area contributed by atoms with Crippen LogP contribution in [0.5, 0.6) is 0 Å². The normalized spacial score (nSPS) is 23.3. The Morgan fingerprint density at radius 1 is 1.22 bits per heavy atom. The van der Waals surface area contributed by atoms with Crippen LogP contribution >= 0.6 is 39.1 Å². The van der Waals surface area contributed by atoms with E-state index in [4.69, 9.17) is 23.2 Å². The molecule has 3 fully saturated rings. The van der Waals surface area contributed by atoms with Gasteiger partial charge in [0.05, 0.1) is 37.4 Å². The molecular formula is C24H20BrCl2FN4O4S. The highest BCUT2D eigenvalue weighted by atomic mass is 79.9. The third kappa shape index (κ3) is 4.62. The number of nitrogens with zero attached hydrogens (tertiary/aromatic N) is 3. The summed E-state index contributed by atoms with van der Waals surface area (Å²) in [4.78, 5) is 32.3. The van der Waals surface area contributed by atoms with E-state index < -0.39 is 49.7 Å². The first-order chi connectivity index (χ1) is 17.4. The van der Waals surface area contributed by atoms with Gasteiger partial charge in [0.2, 0.25) is 11.8 Å². The van der Waals surface area contributed by atoms with E-state index in [9.17, 15) is 27.7 Å². The molecule has 1 N–H and O–H groups in total. The Balaban J connectivity index is 1.50. The molecule has 3 aliphatic rings. The van der Waals surface area contributed by atoms with Crippen LogP contribution in [0.25, 0.3) is 0 Å². The molecule has 37 heavy (non-hydrogen) atoms. The first-order valence-electron chi connectivity index (χ1n) is 11.5. The van der Waals surface area contributed by atoms with Crippen LogP contribution in [0, 0.1) is 17.1 Å². The minimum absolute atomic E-state index is 0.00710. The average Bonchev–Trinajstić information content (AvgIpc) is 3.75. The molecule has 1 aliphatic heterocycles. The summed E-state index contributed by atoms with van der Waals surface area (Å²) in [7, 11) is -4.05. The molecule has 2 aliphatic carbocycles. The molecule has 1 aromatic carbocycles. The van der Waals surface area contributed by atoms with Crippen molar-refractivity contribution in [1.29, 1.82) is 5.26 Å². The first kappa shape index (κ1) is 26.4. The Hall–Kier alpha value is -2.26. The number of amides is 2. The standard InChI is InChI=1S/C24H20BrCl2FN4O4S/c25-13-1-2-19(16(27)7-13)37(35,36)15-9-18(21(33)31-23(12-29)3-4-23)32(11-15)22(34)24(5-6-24)20-17(28)8-14(26)10-30-20/h1-2,7-8,10,15,18H,3-6,9,11H2,(H,31,33).